The molecule has 0 aromatic heterocycles. The summed E-state index contributed by atoms with van der Waals surface area (Å²) in [7, 11) is 1.59. The summed E-state index contributed by atoms with van der Waals surface area (Å²) < 4.78 is 11.2. The second-order valence-electron chi connectivity index (χ2n) is 5.54. The maximum Gasteiger partial charge on any atom is 0.328 e. The second kappa shape index (κ2) is 9.77. The number of halogens is 1. The van der Waals surface area contributed by atoms with E-state index in [4.69, 9.17) is 9.47 Å². The third-order valence-corrected chi connectivity index (χ3v) is 4.36. The van der Waals surface area contributed by atoms with E-state index in [1.807, 2.05) is 36.4 Å². The molecule has 1 amide bonds. The van der Waals surface area contributed by atoms with Crippen molar-refractivity contribution < 1.29 is 19.1 Å². The van der Waals surface area contributed by atoms with Crippen molar-refractivity contribution in [3.8, 4) is 5.75 Å². The number of carbonyl (C=O) groups is 2. The summed E-state index contributed by atoms with van der Waals surface area (Å²) >= 11 is 3.40. The zero-order valence-corrected chi connectivity index (χ0v) is 16.2. The Morgan fingerprint density at radius 2 is 1.85 bits per heavy atom. The minimum absolute atomic E-state index is 0.141. The van der Waals surface area contributed by atoms with Gasteiger partial charge in [-0.05, 0) is 36.8 Å². The van der Waals surface area contributed by atoms with E-state index in [0.29, 0.717) is 0 Å². The van der Waals surface area contributed by atoms with E-state index >= 15 is 0 Å². The number of hydrogen-bond acceptors (Lipinski definition) is 4. The first-order valence-corrected chi connectivity index (χ1v) is 8.81. The van der Waals surface area contributed by atoms with Crippen LogP contribution in [0.4, 0.5) is 0 Å². The van der Waals surface area contributed by atoms with E-state index in [1.165, 1.54) is 6.08 Å². The van der Waals surface area contributed by atoms with E-state index in [-0.39, 0.29) is 12.5 Å². The molecule has 0 saturated carbocycles. The van der Waals surface area contributed by atoms with Crippen LogP contribution in [0.1, 0.15) is 18.1 Å². The van der Waals surface area contributed by atoms with Gasteiger partial charge in [0, 0.05) is 16.1 Å². The fraction of sp³-hybridized carbons (Fsp3) is 0.200. The molecule has 0 aliphatic heterocycles. The van der Waals surface area contributed by atoms with Gasteiger partial charge in [0.15, 0.2) is 0 Å². The van der Waals surface area contributed by atoms with Gasteiger partial charge in [0.25, 0.3) is 0 Å². The fourth-order valence-electron chi connectivity index (χ4n) is 2.10. The number of carbonyl (C=O) groups excluding carboxylic acids is 2. The van der Waals surface area contributed by atoms with Gasteiger partial charge in [0.1, 0.15) is 18.4 Å². The summed E-state index contributed by atoms with van der Waals surface area (Å²) in [6.45, 7) is 1.73. The lowest BCUT2D eigenvalue weighted by atomic mass is 10.2. The van der Waals surface area contributed by atoms with Gasteiger partial charge in [-0.3, -0.25) is 4.79 Å². The minimum Gasteiger partial charge on any atom is -0.497 e. The van der Waals surface area contributed by atoms with Gasteiger partial charge in [-0.1, -0.05) is 46.3 Å². The maximum absolute atomic E-state index is 12.0. The number of benzene rings is 2. The first-order chi connectivity index (χ1) is 12.5. The van der Waals surface area contributed by atoms with Crippen LogP contribution < -0.4 is 10.1 Å². The van der Waals surface area contributed by atoms with E-state index in [9.17, 15) is 9.59 Å². The van der Waals surface area contributed by atoms with Crippen LogP contribution in [0.3, 0.4) is 0 Å². The number of ether oxygens (including phenoxy) is 2. The molecule has 2 aromatic rings. The van der Waals surface area contributed by atoms with Gasteiger partial charge < -0.3 is 14.8 Å². The van der Waals surface area contributed by atoms with Gasteiger partial charge in [-0.25, -0.2) is 4.79 Å². The van der Waals surface area contributed by atoms with Crippen molar-refractivity contribution in [2.45, 2.75) is 19.6 Å². The first-order valence-electron chi connectivity index (χ1n) is 8.02. The largest absolute Gasteiger partial charge is 0.497 e. The Morgan fingerprint density at radius 1 is 1.15 bits per heavy atom. The molecule has 136 valence electrons. The SMILES string of the molecule is COc1ccc(/C=C/C(=O)N[C@@H](C)C(=O)OCc2ccccc2Br)cc1. The molecule has 0 fully saturated rings. The van der Waals surface area contributed by atoms with E-state index in [0.717, 1.165) is 21.3 Å². The third-order valence-electron chi connectivity index (χ3n) is 3.58. The van der Waals surface area contributed by atoms with Gasteiger partial charge in [-0.15, -0.1) is 0 Å². The van der Waals surface area contributed by atoms with E-state index in [2.05, 4.69) is 21.2 Å². The first kappa shape index (κ1) is 19.7. The van der Waals surface area contributed by atoms with Crippen molar-refractivity contribution in [1.29, 1.82) is 0 Å². The Bertz CT molecular complexity index is 787. The molecule has 5 nitrogen and oxygen atoms in total. The fourth-order valence-corrected chi connectivity index (χ4v) is 2.50. The molecule has 26 heavy (non-hydrogen) atoms. The third kappa shape index (κ3) is 6.04. The van der Waals surface area contributed by atoms with Crippen molar-refractivity contribution in [1.82, 2.24) is 5.32 Å². The monoisotopic (exact) mass is 417 g/mol. The van der Waals surface area contributed by atoms with Crippen LogP contribution in [0.5, 0.6) is 5.75 Å². The molecule has 2 aromatic carbocycles. The summed E-state index contributed by atoms with van der Waals surface area (Å²) in [6.07, 6.45) is 3.04. The van der Waals surface area contributed by atoms with Gasteiger partial charge >= 0.3 is 5.97 Å². The Balaban J connectivity index is 1.82. The molecule has 0 bridgehead atoms. The molecule has 0 radical (unpaired) electrons. The summed E-state index contributed by atoms with van der Waals surface area (Å²) in [5.74, 6) is -0.119. The summed E-state index contributed by atoms with van der Waals surface area (Å²) in [4.78, 5) is 24.0. The summed E-state index contributed by atoms with van der Waals surface area (Å²) in [5, 5.41) is 2.59. The Kier molecular flexibility index (Phi) is 7.41. The lowest BCUT2D eigenvalue weighted by molar-refractivity contribution is -0.148. The Morgan fingerprint density at radius 3 is 2.50 bits per heavy atom. The number of amides is 1. The predicted octanol–water partition coefficient (Wildman–Crippen LogP) is 3.72. The predicted molar refractivity (Wildman–Crippen MR) is 104 cm³/mol. The lowest BCUT2D eigenvalue weighted by Gasteiger charge is -2.12. The number of esters is 1. The number of methoxy groups -OCH3 is 1. The molecule has 0 unspecified atom stereocenters. The van der Waals surface area contributed by atoms with E-state index in [1.54, 1.807) is 32.2 Å². The van der Waals surface area contributed by atoms with Crippen molar-refractivity contribution in [2.24, 2.45) is 0 Å². The van der Waals surface area contributed by atoms with Crippen molar-refractivity contribution in [3.63, 3.8) is 0 Å². The smallest absolute Gasteiger partial charge is 0.328 e. The highest BCUT2D eigenvalue weighted by Crippen LogP contribution is 2.16. The molecule has 1 N–H and O–H groups in total. The highest BCUT2D eigenvalue weighted by Gasteiger charge is 2.16. The number of nitrogens with one attached hydrogen (secondary N) is 1. The molecule has 0 spiro atoms. The topological polar surface area (TPSA) is 64.6 Å². The molecule has 2 rings (SSSR count). The molecule has 0 aliphatic carbocycles. The molecule has 0 heterocycles. The van der Waals surface area contributed by atoms with E-state index < -0.39 is 12.0 Å². The average molecular weight is 418 g/mol. The zero-order chi connectivity index (χ0) is 18.9. The van der Waals surface area contributed by atoms with Gasteiger partial charge in [-0.2, -0.15) is 0 Å². The van der Waals surface area contributed by atoms with Gasteiger partial charge in [0.2, 0.25) is 5.91 Å². The van der Waals surface area contributed by atoms with Crippen LogP contribution in [-0.2, 0) is 20.9 Å². The highest BCUT2D eigenvalue weighted by atomic mass is 79.9. The van der Waals surface area contributed by atoms with Crippen LogP contribution in [0.15, 0.2) is 59.1 Å². The molecular formula is C20H20BrNO4. The summed E-state index contributed by atoms with van der Waals surface area (Å²) in [6, 6.07) is 14.0. The van der Waals surface area contributed by atoms with Crippen molar-refractivity contribution in [2.75, 3.05) is 7.11 Å². The van der Waals surface area contributed by atoms with Crippen LogP contribution in [-0.4, -0.2) is 25.0 Å². The maximum atomic E-state index is 12.0. The average Bonchev–Trinajstić information content (AvgIpc) is 2.65. The van der Waals surface area contributed by atoms with Crippen LogP contribution in [0, 0.1) is 0 Å². The number of hydrogen-bond donors (Lipinski definition) is 1. The summed E-state index contributed by atoms with van der Waals surface area (Å²) in [5.41, 5.74) is 1.71. The minimum atomic E-state index is -0.745. The molecule has 6 heteroatoms. The number of rotatable bonds is 7. The molecular weight excluding hydrogens is 398 g/mol. The quantitative estimate of drug-likeness (QED) is 0.550. The second-order valence-corrected chi connectivity index (χ2v) is 6.39. The normalized spacial score (nSPS) is 11.8. The zero-order valence-electron chi connectivity index (χ0n) is 14.6. The van der Waals surface area contributed by atoms with Crippen LogP contribution in [0.25, 0.3) is 6.08 Å². The Labute approximate surface area is 161 Å². The van der Waals surface area contributed by atoms with Crippen LogP contribution in [0.2, 0.25) is 0 Å². The van der Waals surface area contributed by atoms with Crippen molar-refractivity contribution >= 4 is 33.9 Å². The molecule has 1 atom stereocenters. The molecule has 0 saturated heterocycles. The standard InChI is InChI=1S/C20H20BrNO4/c1-14(20(24)26-13-16-5-3-4-6-18(16)21)22-19(23)12-9-15-7-10-17(25-2)11-8-15/h3-12,14H,13H2,1-2H3,(H,22,23)/b12-9+/t14-/m0/s1. The van der Waals surface area contributed by atoms with Crippen molar-refractivity contribution in [3.05, 3.63) is 70.2 Å². The Hall–Kier alpha value is -2.60. The molecule has 0 aliphatic rings. The highest BCUT2D eigenvalue weighted by molar-refractivity contribution is 9.10. The lowest BCUT2D eigenvalue weighted by Crippen LogP contribution is -2.38. The van der Waals surface area contributed by atoms with Crippen LogP contribution >= 0.6 is 15.9 Å². The van der Waals surface area contributed by atoms with Gasteiger partial charge in [0.05, 0.1) is 7.11 Å².